The van der Waals surface area contributed by atoms with Crippen LogP contribution < -0.4 is 5.32 Å². The molecule has 3 heterocycles. The summed E-state index contributed by atoms with van der Waals surface area (Å²) in [6.45, 7) is 0.0139. The zero-order valence-electron chi connectivity index (χ0n) is 13.8. The predicted molar refractivity (Wildman–Crippen MR) is 93.5 cm³/mol. The average Bonchev–Trinajstić information content (AvgIpc) is 3.39. The van der Waals surface area contributed by atoms with Crippen molar-refractivity contribution in [2.45, 2.75) is 25.9 Å². The Labute approximate surface area is 153 Å². The van der Waals surface area contributed by atoms with Crippen LogP contribution in [0.15, 0.2) is 33.4 Å². The molecule has 1 aliphatic carbocycles. The second-order valence-electron chi connectivity index (χ2n) is 5.87. The largest absolute Gasteiger partial charge is 0.461 e. The highest BCUT2D eigenvalue weighted by atomic mass is 32.1. The number of rotatable bonds is 6. The molecule has 0 spiro atoms. The molecule has 0 saturated carbocycles. The standard InChI is InChI=1S/C18H15N3O4S/c19-8-13-12-3-1-5-16(12)26-18(13)20-17(22)10-23-9-11-7-15(25-21-11)14-4-2-6-24-14/h2,4,6-7H,1,3,5,9-10H2,(H,20,22). The molecule has 1 N–H and O–H groups in total. The molecule has 0 fully saturated rings. The molecule has 8 heteroatoms. The Kier molecular flexibility index (Phi) is 4.56. The number of thiophene rings is 1. The number of amides is 1. The third kappa shape index (κ3) is 3.27. The first kappa shape index (κ1) is 16.6. The zero-order valence-corrected chi connectivity index (χ0v) is 14.6. The molecule has 0 aromatic carbocycles. The summed E-state index contributed by atoms with van der Waals surface area (Å²) in [7, 11) is 0. The van der Waals surface area contributed by atoms with Gasteiger partial charge in [-0.1, -0.05) is 5.16 Å². The molecule has 3 aromatic rings. The quantitative estimate of drug-likeness (QED) is 0.713. The van der Waals surface area contributed by atoms with E-state index in [4.69, 9.17) is 13.7 Å². The van der Waals surface area contributed by atoms with Crippen LogP contribution >= 0.6 is 11.3 Å². The van der Waals surface area contributed by atoms with Crippen molar-refractivity contribution in [3.05, 3.63) is 46.2 Å². The van der Waals surface area contributed by atoms with E-state index in [9.17, 15) is 10.1 Å². The Hall–Kier alpha value is -2.89. The third-order valence-electron chi connectivity index (χ3n) is 4.09. The van der Waals surface area contributed by atoms with Gasteiger partial charge in [0, 0.05) is 10.9 Å². The summed E-state index contributed by atoms with van der Waals surface area (Å²) in [5, 5.41) is 16.6. The van der Waals surface area contributed by atoms with E-state index in [2.05, 4.69) is 16.5 Å². The maximum atomic E-state index is 12.1. The number of carbonyl (C=O) groups is 1. The number of furan rings is 1. The normalized spacial score (nSPS) is 12.7. The lowest BCUT2D eigenvalue weighted by atomic mass is 10.1. The lowest BCUT2D eigenvalue weighted by Crippen LogP contribution is -2.18. The summed E-state index contributed by atoms with van der Waals surface area (Å²) < 4.78 is 15.8. The molecule has 3 aromatic heterocycles. The fraction of sp³-hybridized carbons (Fsp3) is 0.278. The van der Waals surface area contributed by atoms with Gasteiger partial charge in [-0.2, -0.15) is 5.26 Å². The van der Waals surface area contributed by atoms with E-state index in [0.717, 1.165) is 24.8 Å². The number of aromatic nitrogens is 1. The molecule has 0 bridgehead atoms. The van der Waals surface area contributed by atoms with Gasteiger partial charge in [-0.05, 0) is 37.0 Å². The predicted octanol–water partition coefficient (Wildman–Crippen LogP) is 3.51. The van der Waals surface area contributed by atoms with Gasteiger partial charge in [0.2, 0.25) is 5.76 Å². The van der Waals surface area contributed by atoms with E-state index < -0.39 is 0 Å². The van der Waals surface area contributed by atoms with Crippen LogP contribution in [0.1, 0.15) is 28.1 Å². The SMILES string of the molecule is N#Cc1c(NC(=O)COCc2cc(-c3ccco3)on2)sc2c1CCC2. The molecule has 0 aliphatic heterocycles. The van der Waals surface area contributed by atoms with Crippen molar-refractivity contribution in [3.63, 3.8) is 0 Å². The van der Waals surface area contributed by atoms with Gasteiger partial charge >= 0.3 is 0 Å². The average molecular weight is 369 g/mol. The number of aryl methyl sites for hydroxylation is 1. The molecule has 1 aliphatic rings. The van der Waals surface area contributed by atoms with Crippen molar-refractivity contribution >= 4 is 22.2 Å². The highest BCUT2D eigenvalue weighted by molar-refractivity contribution is 7.16. The summed E-state index contributed by atoms with van der Waals surface area (Å²) in [6.07, 6.45) is 4.51. The summed E-state index contributed by atoms with van der Waals surface area (Å²) in [6, 6.07) is 7.43. The number of hydrogen-bond acceptors (Lipinski definition) is 7. The molecule has 0 saturated heterocycles. The van der Waals surface area contributed by atoms with Crippen molar-refractivity contribution < 1.29 is 18.5 Å². The summed E-state index contributed by atoms with van der Waals surface area (Å²) in [5.74, 6) is 0.789. The second kappa shape index (κ2) is 7.15. The summed E-state index contributed by atoms with van der Waals surface area (Å²) in [4.78, 5) is 13.3. The summed E-state index contributed by atoms with van der Waals surface area (Å²) in [5.41, 5.74) is 2.24. The smallest absolute Gasteiger partial charge is 0.251 e. The van der Waals surface area contributed by atoms with Gasteiger partial charge in [0.25, 0.3) is 5.91 Å². The van der Waals surface area contributed by atoms with Crippen molar-refractivity contribution in [2.75, 3.05) is 11.9 Å². The Morgan fingerprint density at radius 1 is 1.42 bits per heavy atom. The number of hydrogen-bond donors (Lipinski definition) is 1. The van der Waals surface area contributed by atoms with Crippen molar-refractivity contribution in [2.24, 2.45) is 0 Å². The molecule has 0 atom stereocenters. The van der Waals surface area contributed by atoms with Gasteiger partial charge in [-0.3, -0.25) is 4.79 Å². The maximum Gasteiger partial charge on any atom is 0.251 e. The molecule has 26 heavy (non-hydrogen) atoms. The molecular weight excluding hydrogens is 354 g/mol. The van der Waals surface area contributed by atoms with E-state index in [1.54, 1.807) is 24.5 Å². The first-order chi connectivity index (χ1) is 12.7. The van der Waals surface area contributed by atoms with E-state index in [-0.39, 0.29) is 19.1 Å². The summed E-state index contributed by atoms with van der Waals surface area (Å²) >= 11 is 1.49. The molecule has 7 nitrogen and oxygen atoms in total. The molecule has 0 unspecified atom stereocenters. The first-order valence-corrected chi connectivity index (χ1v) is 8.98. The fourth-order valence-electron chi connectivity index (χ4n) is 2.94. The van der Waals surface area contributed by atoms with Gasteiger partial charge in [0.15, 0.2) is 5.76 Å². The molecule has 132 valence electrons. The van der Waals surface area contributed by atoms with Gasteiger partial charge in [0.05, 0.1) is 18.4 Å². The lowest BCUT2D eigenvalue weighted by Gasteiger charge is -2.04. The highest BCUT2D eigenvalue weighted by Gasteiger charge is 2.23. The number of carbonyl (C=O) groups excluding carboxylic acids is 1. The van der Waals surface area contributed by atoms with Crippen LogP contribution in [-0.2, 0) is 29.0 Å². The zero-order chi connectivity index (χ0) is 17.9. The number of fused-ring (bicyclic) bond motifs is 1. The fourth-order valence-corrected chi connectivity index (χ4v) is 4.19. The van der Waals surface area contributed by atoms with E-state index in [1.165, 1.54) is 16.2 Å². The number of ether oxygens (including phenoxy) is 1. The number of nitriles is 1. The van der Waals surface area contributed by atoms with Crippen LogP contribution in [-0.4, -0.2) is 17.7 Å². The third-order valence-corrected chi connectivity index (χ3v) is 5.30. The minimum absolute atomic E-state index is 0.129. The van der Waals surface area contributed by atoms with Crippen molar-refractivity contribution in [1.82, 2.24) is 5.16 Å². The topological polar surface area (TPSA) is 101 Å². The molecule has 0 radical (unpaired) electrons. The van der Waals surface area contributed by atoms with Crippen LogP contribution in [0, 0.1) is 11.3 Å². The van der Waals surface area contributed by atoms with Gasteiger partial charge in [0.1, 0.15) is 23.4 Å². The Bertz CT molecular complexity index is 965. The van der Waals surface area contributed by atoms with Gasteiger partial charge < -0.3 is 19.0 Å². The molecular formula is C18H15N3O4S. The van der Waals surface area contributed by atoms with Crippen LogP contribution in [0.3, 0.4) is 0 Å². The number of nitrogens with one attached hydrogen (secondary N) is 1. The number of anilines is 1. The highest BCUT2D eigenvalue weighted by Crippen LogP contribution is 2.38. The maximum absolute atomic E-state index is 12.1. The van der Waals surface area contributed by atoms with E-state index in [1.807, 2.05) is 0 Å². The Morgan fingerprint density at radius 2 is 2.35 bits per heavy atom. The van der Waals surface area contributed by atoms with Gasteiger partial charge in [-0.25, -0.2) is 0 Å². The molecule has 1 amide bonds. The Morgan fingerprint density at radius 3 is 3.15 bits per heavy atom. The van der Waals surface area contributed by atoms with Crippen LogP contribution in [0.4, 0.5) is 5.00 Å². The minimum Gasteiger partial charge on any atom is -0.461 e. The van der Waals surface area contributed by atoms with Crippen molar-refractivity contribution in [1.29, 1.82) is 5.26 Å². The second-order valence-corrected chi connectivity index (χ2v) is 6.98. The van der Waals surface area contributed by atoms with Gasteiger partial charge in [-0.15, -0.1) is 11.3 Å². The number of nitrogens with zero attached hydrogens (tertiary/aromatic N) is 2. The van der Waals surface area contributed by atoms with Crippen LogP contribution in [0.5, 0.6) is 0 Å². The lowest BCUT2D eigenvalue weighted by molar-refractivity contribution is -0.121. The monoisotopic (exact) mass is 369 g/mol. The van der Waals surface area contributed by atoms with Crippen LogP contribution in [0.25, 0.3) is 11.5 Å². The minimum atomic E-state index is -0.295. The first-order valence-electron chi connectivity index (χ1n) is 8.16. The van der Waals surface area contributed by atoms with Crippen LogP contribution in [0.2, 0.25) is 0 Å². The molecule has 4 rings (SSSR count). The van der Waals surface area contributed by atoms with E-state index in [0.29, 0.717) is 27.8 Å². The van der Waals surface area contributed by atoms with E-state index >= 15 is 0 Å². The Balaban J connectivity index is 1.31. The van der Waals surface area contributed by atoms with Crippen molar-refractivity contribution in [3.8, 4) is 17.6 Å².